The Morgan fingerprint density at radius 3 is 1.90 bits per heavy atom. The largest absolute Gasteiger partial charge is 0.484 e. The van der Waals surface area contributed by atoms with E-state index in [4.69, 9.17) is 9.47 Å². The molecule has 0 bridgehead atoms. The lowest BCUT2D eigenvalue weighted by Gasteiger charge is -2.32. The van der Waals surface area contributed by atoms with Crippen molar-refractivity contribution < 1.29 is 58.8 Å². The molecule has 52 heavy (non-hydrogen) atoms. The van der Waals surface area contributed by atoms with E-state index >= 15 is 0 Å². The molecule has 1 unspecified atom stereocenters. The van der Waals surface area contributed by atoms with Crippen molar-refractivity contribution >= 4 is 0 Å². The molecule has 5 nitrogen and oxygen atoms in total. The van der Waals surface area contributed by atoms with E-state index in [0.717, 1.165) is 44.1 Å². The quantitative estimate of drug-likeness (QED) is 0.137. The summed E-state index contributed by atoms with van der Waals surface area (Å²) in [4.78, 5) is 0. The molecule has 0 radical (unpaired) electrons. The summed E-state index contributed by atoms with van der Waals surface area (Å²) in [6.07, 6.45) is -16.4. The summed E-state index contributed by atoms with van der Waals surface area (Å²) in [6, 6.07) is 20.9. The van der Waals surface area contributed by atoms with Crippen molar-refractivity contribution in [3.05, 3.63) is 89.0 Å². The van der Waals surface area contributed by atoms with E-state index in [0.29, 0.717) is 18.8 Å². The molecule has 3 aromatic rings. The zero-order valence-electron chi connectivity index (χ0n) is 29.1. The van der Waals surface area contributed by atoms with Gasteiger partial charge in [-0.1, -0.05) is 67.9 Å². The van der Waals surface area contributed by atoms with Gasteiger partial charge in [0.15, 0.2) is 12.9 Å². The highest BCUT2D eigenvalue weighted by Gasteiger charge is 2.67. The van der Waals surface area contributed by atoms with Crippen molar-refractivity contribution in [2.45, 2.75) is 114 Å². The normalized spacial score (nSPS) is 20.5. The van der Waals surface area contributed by atoms with Crippen LogP contribution in [-0.4, -0.2) is 50.5 Å². The number of alkyl halides is 8. The lowest BCUT2D eigenvalue weighted by atomic mass is 9.74. The van der Waals surface area contributed by atoms with Gasteiger partial charge in [-0.15, -0.1) is 0 Å². The predicted octanol–water partition coefficient (Wildman–Crippen LogP) is 11.4. The van der Waals surface area contributed by atoms with Crippen LogP contribution in [0.2, 0.25) is 0 Å². The molecule has 0 aromatic heterocycles. The average Bonchev–Trinajstić information content (AvgIpc) is 3.11. The Labute approximate surface area is 298 Å². The molecular weight excluding hydrogens is 700 g/mol. The van der Waals surface area contributed by atoms with Crippen LogP contribution in [0.5, 0.6) is 5.75 Å². The molecule has 1 saturated heterocycles. The third-order valence-corrected chi connectivity index (χ3v) is 9.62. The number of hydrogen-bond donors (Lipinski definition) is 0. The van der Waals surface area contributed by atoms with Crippen LogP contribution < -0.4 is 4.74 Å². The van der Waals surface area contributed by atoms with Crippen LogP contribution in [0.4, 0.5) is 35.1 Å². The molecule has 1 saturated carbocycles. The Morgan fingerprint density at radius 2 is 1.31 bits per heavy atom. The summed E-state index contributed by atoms with van der Waals surface area (Å²) >= 11 is 0. The van der Waals surface area contributed by atoms with Crippen LogP contribution in [0, 0.1) is 6.92 Å². The van der Waals surface area contributed by atoms with Crippen molar-refractivity contribution in [3.63, 3.8) is 0 Å². The maximum absolute atomic E-state index is 14.3. The third kappa shape index (κ3) is 10.2. The van der Waals surface area contributed by atoms with Crippen molar-refractivity contribution in [2.24, 2.45) is 0 Å². The Hall–Kier alpha value is -3.26. The first-order valence-electron chi connectivity index (χ1n) is 17.6. The molecule has 1 aliphatic heterocycles. The van der Waals surface area contributed by atoms with Gasteiger partial charge in [-0.3, -0.25) is 0 Å². The van der Waals surface area contributed by atoms with Crippen molar-refractivity contribution in [2.75, 3.05) is 19.8 Å². The molecule has 286 valence electrons. The first-order valence-corrected chi connectivity index (χ1v) is 17.6. The first kappa shape index (κ1) is 39.9. The van der Waals surface area contributed by atoms with Gasteiger partial charge in [0.2, 0.25) is 0 Å². The monoisotopic (exact) mass is 744 g/mol. The number of benzene rings is 3. The molecule has 0 spiro atoms. The molecule has 5 rings (SSSR count). The molecule has 1 aliphatic carbocycles. The van der Waals surface area contributed by atoms with Crippen LogP contribution in [0.3, 0.4) is 0 Å². The van der Waals surface area contributed by atoms with E-state index in [9.17, 15) is 35.1 Å². The lowest BCUT2D eigenvalue weighted by Crippen LogP contribution is -2.53. The Kier molecular flexibility index (Phi) is 12.9. The van der Waals surface area contributed by atoms with Crippen LogP contribution in [0.15, 0.2) is 66.7 Å². The average molecular weight is 745 g/mol. The van der Waals surface area contributed by atoms with Crippen molar-refractivity contribution in [1.82, 2.24) is 0 Å². The summed E-state index contributed by atoms with van der Waals surface area (Å²) in [5.41, 5.74) is 7.47. The maximum Gasteiger partial charge on any atom is 0.453 e. The minimum absolute atomic E-state index is 0.154. The van der Waals surface area contributed by atoms with Crippen LogP contribution in [0.25, 0.3) is 11.1 Å². The number of rotatable bonds is 16. The smallest absolute Gasteiger partial charge is 0.453 e. The Morgan fingerprint density at radius 1 is 0.692 bits per heavy atom. The molecule has 0 amide bonds. The second-order valence-electron chi connectivity index (χ2n) is 13.4. The molecule has 1 heterocycles. The highest BCUT2D eigenvalue weighted by Crippen LogP contribution is 2.45. The fourth-order valence-electron chi connectivity index (χ4n) is 7.00. The van der Waals surface area contributed by atoms with E-state index < -0.39 is 43.9 Å². The Balaban J connectivity index is 1.12. The highest BCUT2D eigenvalue weighted by molar-refractivity contribution is 5.70. The van der Waals surface area contributed by atoms with Gasteiger partial charge in [0.25, 0.3) is 0 Å². The standard InChI is InChI=1S/C39H44F8O5/c1-3-9-33-26(2)32(21-22-34(33)29-10-5-4-6-11-29)30-15-13-27(14-16-30)28-17-19-31(20-18-28)49-24-36(40,41)51-38(44,45)39(46,47)52-37(42,43)25-50-35-12-7-8-23-48-35/h4-6,10-11,17-22,27,30,35H,3,7-9,12-16,23-25H2,1-2H3. The predicted molar refractivity (Wildman–Crippen MR) is 178 cm³/mol. The summed E-state index contributed by atoms with van der Waals surface area (Å²) in [5, 5.41) is 0. The molecule has 2 fully saturated rings. The topological polar surface area (TPSA) is 46.2 Å². The fourth-order valence-corrected chi connectivity index (χ4v) is 7.00. The van der Waals surface area contributed by atoms with Crippen molar-refractivity contribution in [1.29, 1.82) is 0 Å². The molecular formula is C39H44F8O5. The molecule has 13 heteroatoms. The number of ether oxygens (including phenoxy) is 5. The lowest BCUT2D eigenvalue weighted by molar-refractivity contribution is -0.516. The third-order valence-electron chi connectivity index (χ3n) is 9.62. The second-order valence-corrected chi connectivity index (χ2v) is 13.4. The van der Waals surface area contributed by atoms with Crippen LogP contribution >= 0.6 is 0 Å². The minimum Gasteiger partial charge on any atom is -0.484 e. The molecule has 1 atom stereocenters. The molecule has 3 aromatic carbocycles. The van der Waals surface area contributed by atoms with E-state index in [1.165, 1.54) is 39.9 Å². The van der Waals surface area contributed by atoms with E-state index in [-0.39, 0.29) is 24.7 Å². The highest BCUT2D eigenvalue weighted by atomic mass is 19.3. The van der Waals surface area contributed by atoms with Gasteiger partial charge >= 0.3 is 24.4 Å². The van der Waals surface area contributed by atoms with Crippen LogP contribution in [0.1, 0.15) is 92.4 Å². The maximum atomic E-state index is 14.3. The minimum atomic E-state index is -6.16. The van der Waals surface area contributed by atoms with Gasteiger partial charge in [-0.25, -0.2) is 9.47 Å². The first-order chi connectivity index (χ1) is 24.6. The van der Waals surface area contributed by atoms with Gasteiger partial charge in [0.1, 0.15) is 12.4 Å². The second kappa shape index (κ2) is 16.8. The van der Waals surface area contributed by atoms with E-state index in [1.807, 2.05) is 18.2 Å². The van der Waals surface area contributed by atoms with Crippen LogP contribution in [-0.2, 0) is 25.4 Å². The zero-order valence-corrected chi connectivity index (χ0v) is 29.1. The summed E-state index contributed by atoms with van der Waals surface area (Å²) < 4.78 is 133. The van der Waals surface area contributed by atoms with Crippen molar-refractivity contribution in [3.8, 4) is 16.9 Å². The molecule has 2 aliphatic rings. The Bertz CT molecular complexity index is 1570. The number of halogens is 8. The number of hydrogen-bond acceptors (Lipinski definition) is 5. The SMILES string of the molecule is CCCc1c(-c2ccccc2)ccc(C2CCC(c3ccc(OCC(F)(F)OC(F)(F)C(F)(F)OC(F)(F)COC4CCCCO4)cc3)CC2)c1C. The summed E-state index contributed by atoms with van der Waals surface area (Å²) in [7, 11) is 0. The van der Waals surface area contributed by atoms with E-state index in [2.05, 4.69) is 52.3 Å². The van der Waals surface area contributed by atoms with Gasteiger partial charge in [-0.05, 0) is 116 Å². The van der Waals surface area contributed by atoms with Gasteiger partial charge < -0.3 is 14.2 Å². The van der Waals surface area contributed by atoms with Gasteiger partial charge in [0, 0.05) is 6.61 Å². The molecule has 0 N–H and O–H groups in total. The van der Waals surface area contributed by atoms with Gasteiger partial charge in [0.05, 0.1) is 0 Å². The zero-order chi connectivity index (χ0) is 37.6. The fraction of sp³-hybridized carbons (Fsp3) is 0.538. The van der Waals surface area contributed by atoms with E-state index in [1.54, 1.807) is 12.1 Å². The summed E-state index contributed by atoms with van der Waals surface area (Å²) in [5.74, 6) is 0.445. The van der Waals surface area contributed by atoms with Gasteiger partial charge in [-0.2, -0.15) is 35.1 Å². The summed E-state index contributed by atoms with van der Waals surface area (Å²) in [6.45, 7) is 0.785.